The second-order valence-corrected chi connectivity index (χ2v) is 4.74. The van der Waals surface area contributed by atoms with E-state index in [2.05, 4.69) is 41.0 Å². The number of aromatic nitrogens is 7. The molecule has 0 unspecified atom stereocenters. The first-order valence-corrected chi connectivity index (χ1v) is 6.64. The highest BCUT2D eigenvalue weighted by molar-refractivity contribution is 6.46. The van der Waals surface area contributed by atoms with Crippen LogP contribution in [0.3, 0.4) is 0 Å². The van der Waals surface area contributed by atoms with Gasteiger partial charge in [-0.15, -0.1) is 10.2 Å². The number of hydrogen-bond acceptors (Lipinski definition) is 9. The zero-order valence-electron chi connectivity index (χ0n) is 12.7. The first-order chi connectivity index (χ1) is 10.6. The van der Waals surface area contributed by atoms with Crippen molar-refractivity contribution in [3.63, 3.8) is 0 Å². The summed E-state index contributed by atoms with van der Waals surface area (Å²) in [5.74, 6) is 0.426. The van der Waals surface area contributed by atoms with Gasteiger partial charge in [0.2, 0.25) is 11.7 Å². The van der Waals surface area contributed by atoms with Crippen molar-refractivity contribution in [1.82, 2.24) is 35.4 Å². The molecule has 11 nitrogen and oxygen atoms in total. The van der Waals surface area contributed by atoms with E-state index in [1.54, 1.807) is 0 Å². The number of tetrazole rings is 1. The van der Waals surface area contributed by atoms with Gasteiger partial charge in [0.15, 0.2) is 5.71 Å². The van der Waals surface area contributed by atoms with Gasteiger partial charge in [0.05, 0.1) is 0 Å². The lowest BCUT2D eigenvalue weighted by Crippen LogP contribution is -2.27. The van der Waals surface area contributed by atoms with Gasteiger partial charge in [0.25, 0.3) is 0 Å². The van der Waals surface area contributed by atoms with Crippen molar-refractivity contribution in [2.45, 2.75) is 39.9 Å². The van der Waals surface area contributed by atoms with Gasteiger partial charge in [-0.2, -0.15) is 15.0 Å². The van der Waals surface area contributed by atoms with Gasteiger partial charge in [-0.05, 0) is 32.9 Å². The number of H-pyrrole nitrogens is 1. The van der Waals surface area contributed by atoms with Crippen LogP contribution in [0.1, 0.15) is 33.5 Å². The van der Waals surface area contributed by atoms with Crippen molar-refractivity contribution >= 4 is 11.5 Å². The third-order valence-corrected chi connectivity index (χ3v) is 2.11. The second kappa shape index (κ2) is 7.24. The Kier molecular flexibility index (Phi) is 5.11. The lowest BCUT2D eigenvalue weighted by atomic mass is 10.3. The molecular formula is C11H17N9O2. The fourth-order valence-electron chi connectivity index (χ4n) is 1.27. The molecule has 118 valence electrons. The van der Waals surface area contributed by atoms with Gasteiger partial charge in [0, 0.05) is 0 Å². The highest BCUT2D eigenvalue weighted by Gasteiger charge is 2.22. The molecule has 11 heteroatoms. The summed E-state index contributed by atoms with van der Waals surface area (Å²) in [6.45, 7) is 7.37. The van der Waals surface area contributed by atoms with Gasteiger partial charge in [-0.25, -0.2) is 4.98 Å². The van der Waals surface area contributed by atoms with Gasteiger partial charge >= 0.3 is 0 Å². The van der Waals surface area contributed by atoms with Gasteiger partial charge < -0.3 is 9.68 Å². The SMILES string of the molecule is CC(C)ON=C(C(=NOC(C)C)n1cncn1)c1nn[nH]n1. The summed E-state index contributed by atoms with van der Waals surface area (Å²) < 4.78 is 1.38. The third kappa shape index (κ3) is 4.07. The molecule has 0 amide bonds. The summed E-state index contributed by atoms with van der Waals surface area (Å²) in [5, 5.41) is 25.8. The summed E-state index contributed by atoms with van der Waals surface area (Å²) in [6.07, 6.45) is 2.55. The molecule has 2 aromatic rings. The largest absolute Gasteiger partial charge is 0.392 e. The van der Waals surface area contributed by atoms with Crippen LogP contribution in [-0.4, -0.2) is 59.1 Å². The molecule has 0 aliphatic rings. The molecule has 0 aromatic carbocycles. The van der Waals surface area contributed by atoms with E-state index in [-0.39, 0.29) is 29.6 Å². The van der Waals surface area contributed by atoms with Gasteiger partial charge in [-0.3, -0.25) is 0 Å². The van der Waals surface area contributed by atoms with Gasteiger partial charge in [-0.1, -0.05) is 10.3 Å². The summed E-state index contributed by atoms with van der Waals surface area (Å²) in [7, 11) is 0. The average molecular weight is 307 g/mol. The first kappa shape index (κ1) is 15.5. The highest BCUT2D eigenvalue weighted by atomic mass is 16.6. The average Bonchev–Trinajstić information content (AvgIpc) is 3.14. The van der Waals surface area contributed by atoms with Crippen LogP contribution in [0.25, 0.3) is 0 Å². The number of oxime groups is 2. The molecule has 0 bridgehead atoms. The molecule has 2 aromatic heterocycles. The van der Waals surface area contributed by atoms with Crippen LogP contribution < -0.4 is 0 Å². The summed E-state index contributed by atoms with van der Waals surface area (Å²) in [6, 6.07) is 0. The molecule has 0 atom stereocenters. The van der Waals surface area contributed by atoms with E-state index in [1.165, 1.54) is 17.3 Å². The zero-order valence-corrected chi connectivity index (χ0v) is 12.7. The van der Waals surface area contributed by atoms with Gasteiger partial charge in [0.1, 0.15) is 24.9 Å². The van der Waals surface area contributed by atoms with Crippen molar-refractivity contribution in [2.75, 3.05) is 0 Å². The Balaban J connectivity index is 2.44. The number of aromatic amines is 1. The Morgan fingerprint density at radius 2 is 1.91 bits per heavy atom. The molecule has 0 aliphatic carbocycles. The molecule has 0 spiro atoms. The molecule has 2 heterocycles. The molecule has 1 N–H and O–H groups in total. The number of nitrogens with one attached hydrogen (secondary N) is 1. The minimum atomic E-state index is -0.134. The van der Waals surface area contributed by atoms with Crippen molar-refractivity contribution in [3.8, 4) is 0 Å². The van der Waals surface area contributed by atoms with Crippen molar-refractivity contribution in [2.24, 2.45) is 10.3 Å². The monoisotopic (exact) mass is 307 g/mol. The fraction of sp³-hybridized carbons (Fsp3) is 0.545. The Hall–Kier alpha value is -2.85. The number of hydrogen-bond donors (Lipinski definition) is 1. The molecule has 2 rings (SSSR count). The Morgan fingerprint density at radius 3 is 2.45 bits per heavy atom. The Labute approximate surface area is 126 Å². The fourth-order valence-corrected chi connectivity index (χ4v) is 1.27. The highest BCUT2D eigenvalue weighted by Crippen LogP contribution is 2.02. The molecule has 0 radical (unpaired) electrons. The smallest absolute Gasteiger partial charge is 0.230 e. The van der Waals surface area contributed by atoms with E-state index < -0.39 is 0 Å². The number of nitrogens with zero attached hydrogens (tertiary/aromatic N) is 8. The van der Waals surface area contributed by atoms with Crippen LogP contribution in [-0.2, 0) is 9.68 Å². The van der Waals surface area contributed by atoms with E-state index in [4.69, 9.17) is 9.68 Å². The Morgan fingerprint density at radius 1 is 1.18 bits per heavy atom. The maximum absolute atomic E-state index is 5.29. The first-order valence-electron chi connectivity index (χ1n) is 6.64. The quantitative estimate of drug-likeness (QED) is 0.458. The molecular weight excluding hydrogens is 290 g/mol. The molecule has 0 aliphatic heterocycles. The molecule has 0 saturated heterocycles. The van der Waals surface area contributed by atoms with Crippen LogP contribution in [0.5, 0.6) is 0 Å². The van der Waals surface area contributed by atoms with Crippen LogP contribution >= 0.6 is 0 Å². The molecule has 0 fully saturated rings. The Bertz CT molecular complexity index is 560. The van der Waals surface area contributed by atoms with Crippen molar-refractivity contribution in [1.29, 1.82) is 0 Å². The zero-order chi connectivity index (χ0) is 15.9. The van der Waals surface area contributed by atoms with Crippen LogP contribution in [0.4, 0.5) is 0 Å². The lowest BCUT2D eigenvalue weighted by molar-refractivity contribution is 0.0825. The predicted octanol–water partition coefficient (Wildman–Crippen LogP) is 0.207. The third-order valence-electron chi connectivity index (χ3n) is 2.11. The van der Waals surface area contributed by atoms with Crippen LogP contribution in [0.15, 0.2) is 23.0 Å². The van der Waals surface area contributed by atoms with E-state index in [9.17, 15) is 0 Å². The second-order valence-electron chi connectivity index (χ2n) is 4.74. The van der Waals surface area contributed by atoms with E-state index in [1.807, 2.05) is 27.7 Å². The summed E-state index contributed by atoms with van der Waals surface area (Å²) in [5.41, 5.74) is 0.216. The normalized spacial score (nSPS) is 13.0. The standard InChI is InChI=1S/C11H17N9O2/c1-7(2)21-16-9(10-14-18-19-15-10)11(17-22-8(3)4)20-6-12-5-13-20/h5-8H,1-4H3,(H,14,15,18,19). The van der Waals surface area contributed by atoms with Crippen molar-refractivity contribution < 1.29 is 9.68 Å². The molecule has 22 heavy (non-hydrogen) atoms. The summed E-state index contributed by atoms with van der Waals surface area (Å²) >= 11 is 0. The van der Waals surface area contributed by atoms with Crippen LogP contribution in [0.2, 0.25) is 0 Å². The minimum Gasteiger partial charge on any atom is -0.392 e. The molecule has 0 saturated carbocycles. The van der Waals surface area contributed by atoms with E-state index in [0.29, 0.717) is 0 Å². The maximum Gasteiger partial charge on any atom is 0.230 e. The summed E-state index contributed by atoms with van der Waals surface area (Å²) in [4.78, 5) is 14.5. The van der Waals surface area contributed by atoms with E-state index in [0.717, 1.165) is 0 Å². The lowest BCUT2D eigenvalue weighted by Gasteiger charge is -2.09. The van der Waals surface area contributed by atoms with Crippen LogP contribution in [0, 0.1) is 0 Å². The maximum atomic E-state index is 5.29. The van der Waals surface area contributed by atoms with E-state index >= 15 is 0 Å². The van der Waals surface area contributed by atoms with Crippen molar-refractivity contribution in [3.05, 3.63) is 18.5 Å². The minimum absolute atomic E-state index is 0.129. The predicted molar refractivity (Wildman–Crippen MR) is 76.0 cm³/mol. The topological polar surface area (TPSA) is 128 Å². The number of rotatable bonds is 6.